The Morgan fingerprint density at radius 3 is 2.87 bits per heavy atom. The van der Waals surface area contributed by atoms with Crippen LogP contribution in [0.5, 0.6) is 0 Å². The Balaban J connectivity index is 1.73. The lowest BCUT2D eigenvalue weighted by molar-refractivity contribution is -0.0664. The van der Waals surface area contributed by atoms with Crippen LogP contribution in [0.1, 0.15) is 0 Å². The number of hydrogen-bond donors (Lipinski definition) is 2. The Morgan fingerprint density at radius 1 is 1.48 bits per heavy atom. The summed E-state index contributed by atoms with van der Waals surface area (Å²) in [5.41, 5.74) is 0. The number of aliphatic hydroxyl groups excluding tert-OH is 1. The van der Waals surface area contributed by atoms with Gasteiger partial charge in [0, 0.05) is 20.3 Å². The minimum absolute atomic E-state index is 0.326. The summed E-state index contributed by atoms with van der Waals surface area (Å²) in [6.07, 6.45) is 1.36. The van der Waals surface area contributed by atoms with Crippen LogP contribution in [-0.4, -0.2) is 82.9 Å². The van der Waals surface area contributed by atoms with Crippen molar-refractivity contribution >= 4 is 23.7 Å². The lowest BCUT2D eigenvalue weighted by Crippen LogP contribution is -2.52. The van der Waals surface area contributed by atoms with Gasteiger partial charge >= 0.3 is 17.4 Å². The number of ether oxygens (including phenoxy) is 1. The second kappa shape index (κ2) is 6.53. The Kier molecular flexibility index (Phi) is 4.64. The van der Waals surface area contributed by atoms with Crippen LogP contribution in [0.15, 0.2) is 17.3 Å². The number of urea groups is 1. The second-order valence-corrected chi connectivity index (χ2v) is 6.24. The maximum Gasteiger partial charge on any atom is 0.325 e. The van der Waals surface area contributed by atoms with Gasteiger partial charge in [-0.1, -0.05) is 0 Å². The normalized spacial score (nSPS) is 39.8. The van der Waals surface area contributed by atoms with E-state index in [1.165, 1.54) is 11.1 Å². The van der Waals surface area contributed by atoms with Crippen molar-refractivity contribution in [3.8, 4) is 0 Å². The van der Waals surface area contributed by atoms with Crippen LogP contribution < -0.4 is 5.32 Å². The molecule has 0 spiro atoms. The van der Waals surface area contributed by atoms with Crippen LogP contribution in [0.2, 0.25) is 0 Å². The smallest absolute Gasteiger partial charge is 0.325 e. The zero-order chi connectivity index (χ0) is 16.6. The van der Waals surface area contributed by atoms with Crippen LogP contribution in [0, 0.1) is 0 Å². The molecule has 11 heteroatoms. The number of aliphatic imine (C=N–C) groups is 1. The van der Waals surface area contributed by atoms with Gasteiger partial charge in [0.2, 0.25) is 0 Å². The molecule has 0 aromatic heterocycles. The van der Waals surface area contributed by atoms with E-state index in [2.05, 4.69) is 10.3 Å². The summed E-state index contributed by atoms with van der Waals surface area (Å²) >= 11 is -1.91. The number of carbonyl (C=O) groups excluding carboxylic acids is 1. The van der Waals surface area contributed by atoms with Gasteiger partial charge in [0.25, 0.3) is 0 Å². The minimum atomic E-state index is -1.91. The lowest BCUT2D eigenvalue weighted by atomic mass is 10.1. The number of carbonyl (C=O) groups is 1. The van der Waals surface area contributed by atoms with Crippen molar-refractivity contribution in [2.24, 2.45) is 4.99 Å². The van der Waals surface area contributed by atoms with Crippen LogP contribution >= 0.6 is 0 Å². The fourth-order valence-corrected chi connectivity index (χ4v) is 3.33. The standard InChI is InChI=1S/C12H18N4O6S/c1-15(2)6-13-8-3-4-16(12(18)14-8)11-10-9(7(5-17)20-11)21-23(19)22-10/h3-4,6-11,17H,5H2,1-2H3,(H,14,18)/t7-,8?,9?,10?,11-,23?/m1/s1. The van der Waals surface area contributed by atoms with Crippen molar-refractivity contribution in [1.82, 2.24) is 15.1 Å². The van der Waals surface area contributed by atoms with E-state index in [1.54, 1.807) is 17.3 Å². The summed E-state index contributed by atoms with van der Waals surface area (Å²) in [5.74, 6) is 0. The zero-order valence-electron chi connectivity index (χ0n) is 12.6. The molecule has 4 unspecified atom stereocenters. The highest BCUT2D eigenvalue weighted by molar-refractivity contribution is 7.75. The molecule has 0 radical (unpaired) electrons. The predicted octanol–water partition coefficient (Wildman–Crippen LogP) is -1.48. The second-order valence-electron chi connectivity index (χ2n) is 5.44. The molecule has 10 nitrogen and oxygen atoms in total. The number of fused-ring (bicyclic) bond motifs is 1. The Labute approximate surface area is 135 Å². The maximum absolute atomic E-state index is 12.3. The van der Waals surface area contributed by atoms with Gasteiger partial charge in [0.05, 0.1) is 12.9 Å². The first-order chi connectivity index (χ1) is 11.0. The molecule has 128 valence electrons. The molecule has 3 aliphatic heterocycles. The van der Waals surface area contributed by atoms with Crippen molar-refractivity contribution < 1.29 is 27.2 Å². The molecule has 0 aromatic rings. The molecule has 0 aromatic carbocycles. The monoisotopic (exact) mass is 346 g/mol. The number of hydrogen-bond acceptors (Lipinski definition) is 7. The molecule has 2 saturated heterocycles. The lowest BCUT2D eigenvalue weighted by Gasteiger charge is -2.31. The minimum Gasteiger partial charge on any atom is -0.394 e. The van der Waals surface area contributed by atoms with Crippen molar-refractivity contribution in [2.45, 2.75) is 30.7 Å². The first-order valence-electron chi connectivity index (χ1n) is 6.99. The van der Waals surface area contributed by atoms with Crippen molar-refractivity contribution in [3.63, 3.8) is 0 Å². The molecular formula is C12H18N4O6S. The van der Waals surface area contributed by atoms with Crippen LogP contribution in [0.3, 0.4) is 0 Å². The molecule has 3 heterocycles. The molecule has 3 aliphatic rings. The highest BCUT2D eigenvalue weighted by atomic mass is 32.2. The quantitative estimate of drug-likeness (QED) is 0.471. The Morgan fingerprint density at radius 2 is 2.22 bits per heavy atom. The van der Waals surface area contributed by atoms with Gasteiger partial charge in [0.1, 0.15) is 18.4 Å². The van der Waals surface area contributed by atoms with E-state index in [4.69, 9.17) is 13.1 Å². The van der Waals surface area contributed by atoms with Gasteiger partial charge in [-0.05, 0) is 6.08 Å². The van der Waals surface area contributed by atoms with Gasteiger partial charge in [-0.3, -0.25) is 13.3 Å². The topological polar surface area (TPSA) is 113 Å². The molecule has 2 fully saturated rings. The number of rotatable bonds is 4. The molecule has 6 atom stereocenters. The van der Waals surface area contributed by atoms with Gasteiger partial charge in [-0.25, -0.2) is 9.79 Å². The average molecular weight is 346 g/mol. The van der Waals surface area contributed by atoms with Crippen molar-refractivity contribution in [2.75, 3.05) is 20.7 Å². The highest BCUT2D eigenvalue weighted by Gasteiger charge is 2.55. The average Bonchev–Trinajstić information content (AvgIpc) is 3.02. The third-order valence-electron chi connectivity index (χ3n) is 3.51. The van der Waals surface area contributed by atoms with E-state index < -0.39 is 48.1 Å². The van der Waals surface area contributed by atoms with Gasteiger partial charge in [0.15, 0.2) is 12.3 Å². The summed E-state index contributed by atoms with van der Waals surface area (Å²) in [7, 11) is 3.65. The van der Waals surface area contributed by atoms with E-state index in [0.717, 1.165) is 0 Å². The molecule has 0 bridgehead atoms. The predicted molar refractivity (Wildman–Crippen MR) is 79.1 cm³/mol. The number of nitrogens with zero attached hydrogens (tertiary/aromatic N) is 3. The van der Waals surface area contributed by atoms with Gasteiger partial charge < -0.3 is 20.1 Å². The molecule has 0 saturated carbocycles. The highest BCUT2D eigenvalue weighted by Crippen LogP contribution is 2.35. The SMILES string of the molecule is CN(C)C=NC1C=CN([C@@H]2O[C@H](CO)C3OS(=O)OC32)C(=O)N1. The number of amides is 2. The first kappa shape index (κ1) is 16.3. The summed E-state index contributed by atoms with van der Waals surface area (Å²) in [6, 6.07) is -0.433. The van der Waals surface area contributed by atoms with Gasteiger partial charge in [-0.15, -0.1) is 0 Å². The maximum atomic E-state index is 12.3. The van der Waals surface area contributed by atoms with E-state index in [0.29, 0.717) is 0 Å². The van der Waals surface area contributed by atoms with Crippen molar-refractivity contribution in [3.05, 3.63) is 12.3 Å². The van der Waals surface area contributed by atoms with E-state index in [9.17, 15) is 14.1 Å². The third-order valence-corrected chi connectivity index (χ3v) is 4.27. The van der Waals surface area contributed by atoms with Crippen molar-refractivity contribution in [1.29, 1.82) is 0 Å². The molecule has 2 amide bonds. The van der Waals surface area contributed by atoms with Gasteiger partial charge in [-0.2, -0.15) is 4.21 Å². The van der Waals surface area contributed by atoms with Crippen LogP contribution in [0.4, 0.5) is 4.79 Å². The number of nitrogens with one attached hydrogen (secondary N) is 1. The van der Waals surface area contributed by atoms with E-state index in [1.807, 2.05) is 14.1 Å². The fourth-order valence-electron chi connectivity index (χ4n) is 2.49. The largest absolute Gasteiger partial charge is 0.394 e. The molecular weight excluding hydrogens is 328 g/mol. The van der Waals surface area contributed by atoms with E-state index >= 15 is 0 Å². The fraction of sp³-hybridized carbons (Fsp3) is 0.667. The summed E-state index contributed by atoms with van der Waals surface area (Å²) in [5, 5.41) is 12.0. The Bertz CT molecular complexity index is 556. The molecule has 0 aliphatic carbocycles. The number of aliphatic hydroxyl groups is 1. The summed E-state index contributed by atoms with van der Waals surface area (Å²) in [6.45, 7) is -0.326. The zero-order valence-corrected chi connectivity index (χ0v) is 13.4. The third kappa shape index (κ3) is 3.23. The van der Waals surface area contributed by atoms with Crippen LogP contribution in [-0.2, 0) is 24.5 Å². The molecule has 2 N–H and O–H groups in total. The first-order valence-corrected chi connectivity index (χ1v) is 7.99. The summed E-state index contributed by atoms with van der Waals surface area (Å²) in [4.78, 5) is 19.5. The molecule has 23 heavy (non-hydrogen) atoms. The van der Waals surface area contributed by atoms with E-state index in [-0.39, 0.29) is 6.61 Å². The Hall–Kier alpha value is -1.53. The van der Waals surface area contributed by atoms with Crippen LogP contribution in [0.25, 0.3) is 0 Å². The molecule has 3 rings (SSSR count). The summed E-state index contributed by atoms with van der Waals surface area (Å²) < 4.78 is 27.2.